The molecule has 0 bridgehead atoms. The number of hydrogen-bond donors (Lipinski definition) is 1. The van der Waals surface area contributed by atoms with Gasteiger partial charge in [0.2, 0.25) is 0 Å². The molecule has 2 heteroatoms. The molecule has 0 radical (unpaired) electrons. The highest BCUT2D eigenvalue weighted by Crippen LogP contribution is 2.36. The van der Waals surface area contributed by atoms with E-state index in [1.165, 1.54) is 18.9 Å². The Morgan fingerprint density at radius 1 is 1.12 bits per heavy atom. The fraction of sp³-hybridized carbons (Fsp3) is 0.571. The van der Waals surface area contributed by atoms with Crippen LogP contribution in [-0.2, 0) is 5.60 Å². The van der Waals surface area contributed by atoms with Gasteiger partial charge in [0.25, 0.3) is 0 Å². The van der Waals surface area contributed by atoms with E-state index in [0.29, 0.717) is 5.56 Å². The Hall–Kier alpha value is -0.890. The van der Waals surface area contributed by atoms with Crippen molar-refractivity contribution in [1.82, 2.24) is 0 Å². The number of rotatable bonds is 1. The molecule has 0 aromatic heterocycles. The zero-order valence-corrected chi connectivity index (χ0v) is 9.80. The van der Waals surface area contributed by atoms with E-state index in [-0.39, 0.29) is 5.82 Å². The third-order valence-electron chi connectivity index (χ3n) is 3.63. The predicted octanol–water partition coefficient (Wildman–Crippen LogP) is 3.68. The Bertz CT molecular complexity index is 365. The first-order chi connectivity index (χ1) is 7.62. The predicted molar refractivity (Wildman–Crippen MR) is 62.7 cm³/mol. The van der Waals surface area contributed by atoms with Crippen molar-refractivity contribution in [2.75, 3.05) is 0 Å². The lowest BCUT2D eigenvalue weighted by molar-refractivity contribution is 0.0206. The molecule has 0 aliphatic heterocycles. The van der Waals surface area contributed by atoms with E-state index in [1.54, 1.807) is 19.1 Å². The average Bonchev–Trinajstić information content (AvgIpc) is 2.48. The number of halogens is 1. The van der Waals surface area contributed by atoms with Crippen LogP contribution >= 0.6 is 0 Å². The maximum Gasteiger partial charge on any atom is 0.126 e. The molecule has 0 spiro atoms. The van der Waals surface area contributed by atoms with Crippen molar-refractivity contribution in [3.8, 4) is 0 Å². The van der Waals surface area contributed by atoms with Crippen molar-refractivity contribution in [2.45, 2.75) is 51.0 Å². The highest BCUT2D eigenvalue weighted by atomic mass is 19.1. The van der Waals surface area contributed by atoms with Gasteiger partial charge in [0.1, 0.15) is 5.82 Å². The Kier molecular flexibility index (Phi) is 3.29. The zero-order valence-electron chi connectivity index (χ0n) is 9.80. The van der Waals surface area contributed by atoms with Gasteiger partial charge in [-0.25, -0.2) is 4.39 Å². The van der Waals surface area contributed by atoms with Crippen molar-refractivity contribution in [3.63, 3.8) is 0 Å². The maximum atomic E-state index is 13.2. The normalized spacial score (nSPS) is 20.4. The fourth-order valence-electron chi connectivity index (χ4n) is 2.54. The van der Waals surface area contributed by atoms with Crippen LogP contribution in [0, 0.1) is 12.7 Å². The number of benzene rings is 1. The molecule has 1 aliphatic carbocycles. The third-order valence-corrected chi connectivity index (χ3v) is 3.63. The molecule has 1 aromatic carbocycles. The van der Waals surface area contributed by atoms with E-state index in [2.05, 4.69) is 0 Å². The summed E-state index contributed by atoms with van der Waals surface area (Å²) in [6.07, 6.45) is 6.13. The van der Waals surface area contributed by atoms with Crippen LogP contribution in [-0.4, -0.2) is 5.11 Å². The van der Waals surface area contributed by atoms with Gasteiger partial charge in [-0.1, -0.05) is 37.8 Å². The standard InChI is InChI=1S/C14H19FO/c1-11-10-12(6-7-13(11)15)14(16)8-4-2-3-5-9-14/h6-7,10,16H,2-5,8-9H2,1H3. The van der Waals surface area contributed by atoms with Gasteiger partial charge >= 0.3 is 0 Å². The van der Waals surface area contributed by atoms with Gasteiger partial charge in [0.15, 0.2) is 0 Å². The summed E-state index contributed by atoms with van der Waals surface area (Å²) >= 11 is 0. The van der Waals surface area contributed by atoms with Gasteiger partial charge in [-0.15, -0.1) is 0 Å². The van der Waals surface area contributed by atoms with E-state index < -0.39 is 5.60 Å². The van der Waals surface area contributed by atoms with E-state index in [0.717, 1.165) is 31.2 Å². The second-order valence-corrected chi connectivity index (χ2v) is 4.91. The van der Waals surface area contributed by atoms with Crippen molar-refractivity contribution in [3.05, 3.63) is 35.1 Å². The van der Waals surface area contributed by atoms with Gasteiger partial charge in [0, 0.05) is 0 Å². The van der Waals surface area contributed by atoms with Crippen LogP contribution in [0.3, 0.4) is 0 Å². The molecular weight excluding hydrogens is 203 g/mol. The molecule has 1 nitrogen and oxygen atoms in total. The minimum absolute atomic E-state index is 0.194. The van der Waals surface area contributed by atoms with Crippen LogP contribution in [0.2, 0.25) is 0 Å². The van der Waals surface area contributed by atoms with Gasteiger partial charge in [0.05, 0.1) is 5.60 Å². The van der Waals surface area contributed by atoms with Crippen molar-refractivity contribution >= 4 is 0 Å². The molecule has 0 unspecified atom stereocenters. The van der Waals surface area contributed by atoms with Gasteiger partial charge in [-0.05, 0) is 37.0 Å². The Balaban J connectivity index is 2.29. The minimum atomic E-state index is -0.727. The van der Waals surface area contributed by atoms with Gasteiger partial charge < -0.3 is 5.11 Å². The zero-order chi connectivity index (χ0) is 11.6. The van der Waals surface area contributed by atoms with Crippen LogP contribution in [0.25, 0.3) is 0 Å². The molecule has 16 heavy (non-hydrogen) atoms. The quantitative estimate of drug-likeness (QED) is 0.719. The second-order valence-electron chi connectivity index (χ2n) is 4.91. The topological polar surface area (TPSA) is 20.2 Å². The fourth-order valence-corrected chi connectivity index (χ4v) is 2.54. The number of aryl methyl sites for hydroxylation is 1. The molecule has 0 amide bonds. The summed E-state index contributed by atoms with van der Waals surface area (Å²) in [5, 5.41) is 10.6. The summed E-state index contributed by atoms with van der Waals surface area (Å²) in [4.78, 5) is 0. The molecule has 1 fully saturated rings. The van der Waals surface area contributed by atoms with Crippen molar-refractivity contribution < 1.29 is 9.50 Å². The molecule has 2 rings (SSSR count). The summed E-state index contributed by atoms with van der Waals surface area (Å²) in [6.45, 7) is 1.75. The highest BCUT2D eigenvalue weighted by Gasteiger charge is 2.30. The summed E-state index contributed by atoms with van der Waals surface area (Å²) in [6, 6.07) is 4.99. The van der Waals surface area contributed by atoms with Crippen molar-refractivity contribution in [2.24, 2.45) is 0 Å². The number of hydrogen-bond acceptors (Lipinski definition) is 1. The van der Waals surface area contributed by atoms with E-state index >= 15 is 0 Å². The lowest BCUT2D eigenvalue weighted by Crippen LogP contribution is -2.24. The lowest BCUT2D eigenvalue weighted by Gasteiger charge is -2.27. The molecular formula is C14H19FO. The summed E-state index contributed by atoms with van der Waals surface area (Å²) in [5.74, 6) is -0.194. The minimum Gasteiger partial charge on any atom is -0.385 e. The van der Waals surface area contributed by atoms with Crippen LogP contribution in [0.1, 0.15) is 49.7 Å². The largest absolute Gasteiger partial charge is 0.385 e. The maximum absolute atomic E-state index is 13.2. The molecule has 88 valence electrons. The summed E-state index contributed by atoms with van der Waals surface area (Å²) in [5.41, 5.74) is 0.776. The van der Waals surface area contributed by atoms with E-state index in [1.807, 2.05) is 0 Å². The Morgan fingerprint density at radius 3 is 2.31 bits per heavy atom. The van der Waals surface area contributed by atoms with E-state index in [4.69, 9.17) is 0 Å². The van der Waals surface area contributed by atoms with Crippen LogP contribution in [0.4, 0.5) is 4.39 Å². The first kappa shape index (κ1) is 11.6. The third kappa shape index (κ3) is 2.27. The molecule has 0 atom stereocenters. The Morgan fingerprint density at radius 2 is 1.75 bits per heavy atom. The van der Waals surface area contributed by atoms with E-state index in [9.17, 15) is 9.50 Å². The molecule has 1 aromatic rings. The van der Waals surface area contributed by atoms with Gasteiger partial charge in [-0.2, -0.15) is 0 Å². The lowest BCUT2D eigenvalue weighted by atomic mass is 9.86. The van der Waals surface area contributed by atoms with Gasteiger partial charge in [-0.3, -0.25) is 0 Å². The first-order valence-electron chi connectivity index (χ1n) is 6.11. The molecule has 0 heterocycles. The van der Waals surface area contributed by atoms with Crippen LogP contribution in [0.5, 0.6) is 0 Å². The average molecular weight is 222 g/mol. The first-order valence-corrected chi connectivity index (χ1v) is 6.11. The molecule has 0 saturated heterocycles. The highest BCUT2D eigenvalue weighted by molar-refractivity contribution is 5.28. The molecule has 1 aliphatic rings. The summed E-state index contributed by atoms with van der Waals surface area (Å²) in [7, 11) is 0. The summed E-state index contributed by atoms with van der Waals surface area (Å²) < 4.78 is 13.2. The SMILES string of the molecule is Cc1cc(C2(O)CCCCCC2)ccc1F. The number of aliphatic hydroxyl groups is 1. The molecule has 1 N–H and O–H groups in total. The smallest absolute Gasteiger partial charge is 0.126 e. The second kappa shape index (κ2) is 4.54. The molecule has 1 saturated carbocycles. The monoisotopic (exact) mass is 222 g/mol. The van der Waals surface area contributed by atoms with Crippen LogP contribution in [0.15, 0.2) is 18.2 Å². The van der Waals surface area contributed by atoms with Crippen LogP contribution < -0.4 is 0 Å². The van der Waals surface area contributed by atoms with Crippen molar-refractivity contribution in [1.29, 1.82) is 0 Å². The Labute approximate surface area is 96.3 Å².